The van der Waals surface area contributed by atoms with Gasteiger partial charge in [-0.2, -0.15) is 0 Å². The Bertz CT molecular complexity index is 954. The van der Waals surface area contributed by atoms with E-state index in [-0.39, 0.29) is 6.10 Å². The van der Waals surface area contributed by atoms with Gasteiger partial charge in [-0.15, -0.1) is 0 Å². The Kier molecular flexibility index (Phi) is 6.12. The summed E-state index contributed by atoms with van der Waals surface area (Å²) in [4.78, 5) is 1.79. The van der Waals surface area contributed by atoms with E-state index < -0.39 is 0 Å². The van der Waals surface area contributed by atoms with E-state index in [2.05, 4.69) is 12.1 Å². The first-order valence-electron chi connectivity index (χ1n) is 9.23. The highest BCUT2D eigenvalue weighted by atomic mass is 16.5. The molecule has 1 atom stereocenters. The summed E-state index contributed by atoms with van der Waals surface area (Å²) in [7, 11) is 3.59. The van der Waals surface area contributed by atoms with Gasteiger partial charge in [0.05, 0.1) is 6.34 Å². The molecular formula is C24H26N2O2. The van der Waals surface area contributed by atoms with Crippen LogP contribution in [0.5, 0.6) is 11.5 Å². The molecule has 1 N–H and O–H groups in total. The van der Waals surface area contributed by atoms with E-state index in [9.17, 15) is 0 Å². The Morgan fingerprint density at radius 1 is 0.893 bits per heavy atom. The molecule has 0 amide bonds. The third-order valence-corrected chi connectivity index (χ3v) is 4.79. The molecule has 0 aromatic heterocycles. The second-order valence-corrected chi connectivity index (χ2v) is 6.85. The fraction of sp³-hybridized carbons (Fsp3) is 0.208. The van der Waals surface area contributed by atoms with Crippen LogP contribution in [0.3, 0.4) is 0 Å². The summed E-state index contributed by atoms with van der Waals surface area (Å²) in [6, 6.07) is 22.2. The molecule has 0 aliphatic rings. The summed E-state index contributed by atoms with van der Waals surface area (Å²) in [5, 5.41) is 7.46. The molecular weight excluding hydrogens is 348 g/mol. The molecule has 28 heavy (non-hydrogen) atoms. The van der Waals surface area contributed by atoms with Crippen LogP contribution >= 0.6 is 0 Å². The van der Waals surface area contributed by atoms with E-state index in [4.69, 9.17) is 14.9 Å². The number of anilines is 1. The number of benzene rings is 3. The highest BCUT2D eigenvalue weighted by Gasteiger charge is 2.14. The molecule has 0 spiro atoms. The molecule has 1 unspecified atom stereocenters. The lowest BCUT2D eigenvalue weighted by Crippen LogP contribution is -2.14. The van der Waals surface area contributed by atoms with Gasteiger partial charge < -0.3 is 14.4 Å². The highest BCUT2D eigenvalue weighted by Crippen LogP contribution is 2.33. The van der Waals surface area contributed by atoms with Crippen molar-refractivity contribution in [2.75, 3.05) is 19.1 Å². The number of ether oxygens (including phenoxy) is 2. The maximum Gasteiger partial charge on any atom is 0.130 e. The fourth-order valence-electron chi connectivity index (χ4n) is 3.29. The van der Waals surface area contributed by atoms with Gasteiger partial charge >= 0.3 is 0 Å². The Balaban J connectivity index is 1.89. The predicted molar refractivity (Wildman–Crippen MR) is 115 cm³/mol. The van der Waals surface area contributed by atoms with Crippen molar-refractivity contribution in [3.63, 3.8) is 0 Å². The molecule has 3 aromatic carbocycles. The second-order valence-electron chi connectivity index (χ2n) is 6.85. The predicted octanol–water partition coefficient (Wildman–Crippen LogP) is 5.87. The number of rotatable bonds is 7. The number of hydrogen-bond acceptors (Lipinski definition) is 3. The van der Waals surface area contributed by atoms with Crippen molar-refractivity contribution in [3.8, 4) is 11.5 Å². The lowest BCUT2D eigenvalue weighted by molar-refractivity contribution is 0.136. The van der Waals surface area contributed by atoms with Crippen molar-refractivity contribution in [1.82, 2.24) is 0 Å². The molecule has 4 nitrogen and oxygen atoms in total. The van der Waals surface area contributed by atoms with Crippen molar-refractivity contribution in [1.29, 1.82) is 5.41 Å². The standard InChI is InChI=1S/C24H26N2O2/c1-17-14-23(18(2)13-22(17)26(3)16-25)28-21-12-8-11-20(15-21)24(27-4)19-9-6-5-7-10-19/h5-16,24-25H,1-4H3. The van der Waals surface area contributed by atoms with E-state index in [1.807, 2.05) is 75.5 Å². The topological polar surface area (TPSA) is 45.6 Å². The lowest BCUT2D eigenvalue weighted by atomic mass is 10.0. The highest BCUT2D eigenvalue weighted by molar-refractivity contribution is 5.78. The van der Waals surface area contributed by atoms with Gasteiger partial charge in [-0.05, 0) is 60.4 Å². The minimum absolute atomic E-state index is 0.142. The first-order chi connectivity index (χ1) is 13.5. The van der Waals surface area contributed by atoms with Crippen LogP contribution in [0.1, 0.15) is 28.4 Å². The zero-order valence-corrected chi connectivity index (χ0v) is 16.8. The van der Waals surface area contributed by atoms with E-state index in [1.165, 1.54) is 6.34 Å². The summed E-state index contributed by atoms with van der Waals surface area (Å²) < 4.78 is 11.9. The Morgan fingerprint density at radius 3 is 2.29 bits per heavy atom. The Labute approximate surface area is 166 Å². The van der Waals surface area contributed by atoms with E-state index in [0.717, 1.165) is 39.4 Å². The smallest absolute Gasteiger partial charge is 0.130 e. The minimum atomic E-state index is -0.142. The third-order valence-electron chi connectivity index (χ3n) is 4.79. The van der Waals surface area contributed by atoms with E-state index in [1.54, 1.807) is 12.0 Å². The van der Waals surface area contributed by atoms with Crippen LogP contribution in [0.4, 0.5) is 5.69 Å². The van der Waals surface area contributed by atoms with Gasteiger partial charge in [0.25, 0.3) is 0 Å². The summed E-state index contributed by atoms with van der Waals surface area (Å²) in [6.45, 7) is 4.04. The number of aryl methyl sites for hydroxylation is 2. The fourth-order valence-corrected chi connectivity index (χ4v) is 3.29. The van der Waals surface area contributed by atoms with Crippen molar-refractivity contribution >= 4 is 12.0 Å². The van der Waals surface area contributed by atoms with Crippen molar-refractivity contribution in [2.45, 2.75) is 20.0 Å². The van der Waals surface area contributed by atoms with Gasteiger partial charge in [0.2, 0.25) is 0 Å². The van der Waals surface area contributed by atoms with Crippen LogP contribution in [0.2, 0.25) is 0 Å². The number of nitrogens with one attached hydrogen (secondary N) is 1. The molecule has 0 aliphatic heterocycles. The Hall–Kier alpha value is -3.11. The van der Waals surface area contributed by atoms with E-state index in [0.29, 0.717) is 0 Å². The van der Waals surface area contributed by atoms with Crippen molar-refractivity contribution in [3.05, 3.63) is 89.0 Å². The van der Waals surface area contributed by atoms with Crippen LogP contribution < -0.4 is 9.64 Å². The molecule has 3 rings (SSSR count). The number of nitrogens with zero attached hydrogens (tertiary/aromatic N) is 1. The van der Waals surface area contributed by atoms with Gasteiger partial charge in [-0.25, -0.2) is 0 Å². The lowest BCUT2D eigenvalue weighted by Gasteiger charge is -2.20. The summed E-state index contributed by atoms with van der Waals surface area (Å²) >= 11 is 0. The second kappa shape index (κ2) is 8.72. The monoisotopic (exact) mass is 374 g/mol. The Morgan fingerprint density at radius 2 is 1.61 bits per heavy atom. The van der Waals surface area contributed by atoms with Gasteiger partial charge in [-0.3, -0.25) is 5.41 Å². The number of methoxy groups -OCH3 is 1. The zero-order chi connectivity index (χ0) is 20.1. The van der Waals surface area contributed by atoms with Gasteiger partial charge in [0, 0.05) is 19.8 Å². The quantitative estimate of drug-likeness (QED) is 0.415. The molecule has 0 bridgehead atoms. The summed E-state index contributed by atoms with van der Waals surface area (Å²) in [5.41, 5.74) is 5.22. The first kappa shape index (κ1) is 19.6. The van der Waals surface area contributed by atoms with Crippen LogP contribution in [-0.4, -0.2) is 20.5 Å². The average molecular weight is 374 g/mol. The van der Waals surface area contributed by atoms with Gasteiger partial charge in [0.1, 0.15) is 17.6 Å². The minimum Gasteiger partial charge on any atom is -0.457 e. The van der Waals surface area contributed by atoms with Gasteiger partial charge in [0.15, 0.2) is 0 Å². The normalized spacial score (nSPS) is 11.7. The molecule has 3 aromatic rings. The molecule has 0 aliphatic carbocycles. The molecule has 0 radical (unpaired) electrons. The van der Waals surface area contributed by atoms with Crippen molar-refractivity contribution < 1.29 is 9.47 Å². The molecule has 144 valence electrons. The zero-order valence-electron chi connectivity index (χ0n) is 16.8. The van der Waals surface area contributed by atoms with Gasteiger partial charge in [-0.1, -0.05) is 42.5 Å². The van der Waals surface area contributed by atoms with Crippen LogP contribution in [0.25, 0.3) is 0 Å². The van der Waals surface area contributed by atoms with Crippen LogP contribution in [-0.2, 0) is 4.74 Å². The third kappa shape index (κ3) is 4.24. The largest absolute Gasteiger partial charge is 0.457 e. The molecule has 0 heterocycles. The van der Waals surface area contributed by atoms with E-state index >= 15 is 0 Å². The average Bonchev–Trinajstić information content (AvgIpc) is 2.71. The molecule has 0 fully saturated rings. The summed E-state index contributed by atoms with van der Waals surface area (Å²) in [5.74, 6) is 1.58. The number of hydrogen-bond donors (Lipinski definition) is 1. The van der Waals surface area contributed by atoms with Crippen LogP contribution in [0, 0.1) is 19.3 Å². The summed E-state index contributed by atoms with van der Waals surface area (Å²) in [6.07, 6.45) is 1.16. The molecule has 0 saturated heterocycles. The van der Waals surface area contributed by atoms with Crippen molar-refractivity contribution in [2.24, 2.45) is 0 Å². The SMILES string of the molecule is COC(c1ccccc1)c1cccc(Oc2cc(C)c(N(C)C=N)cc2C)c1. The molecule has 4 heteroatoms. The first-order valence-corrected chi connectivity index (χ1v) is 9.23. The maximum atomic E-state index is 7.46. The molecule has 0 saturated carbocycles. The maximum absolute atomic E-state index is 7.46. The van der Waals surface area contributed by atoms with Crippen LogP contribution in [0.15, 0.2) is 66.7 Å².